The van der Waals surface area contributed by atoms with E-state index in [1.54, 1.807) is 18.2 Å². The van der Waals surface area contributed by atoms with Crippen molar-refractivity contribution in [3.05, 3.63) is 101 Å². The van der Waals surface area contributed by atoms with Gasteiger partial charge in [-0.3, -0.25) is 14.5 Å². The molecule has 0 aliphatic heterocycles. The number of hydrogen-bond donors (Lipinski definition) is 1. The van der Waals surface area contributed by atoms with Gasteiger partial charge >= 0.3 is 0 Å². The summed E-state index contributed by atoms with van der Waals surface area (Å²) >= 11 is 0. The third kappa shape index (κ3) is 7.58. The van der Waals surface area contributed by atoms with E-state index >= 15 is 0 Å². The van der Waals surface area contributed by atoms with Crippen molar-refractivity contribution in [3.63, 3.8) is 0 Å². The Morgan fingerprint density at radius 3 is 1.97 bits per heavy atom. The van der Waals surface area contributed by atoms with Gasteiger partial charge in [-0.25, -0.2) is 0 Å². The van der Waals surface area contributed by atoms with Crippen molar-refractivity contribution in [1.29, 1.82) is 0 Å². The number of Topliss-reactive ketones (excluding diaryl/α,β-unsaturated/α-hetero) is 1. The van der Waals surface area contributed by atoms with Gasteiger partial charge in [0.25, 0.3) is 5.91 Å². The summed E-state index contributed by atoms with van der Waals surface area (Å²) in [5, 5.41) is 0. The Kier molecular flexibility index (Phi) is 8.79. The van der Waals surface area contributed by atoms with Crippen molar-refractivity contribution >= 4 is 11.7 Å². The SMILES string of the molecule is CC(C)CCOc1ccc(C(=O)CN(Cc2ccccc2)Cc2ccccc2)cc1C(N)=O. The number of nitrogens with two attached hydrogens (primary N) is 1. The molecule has 0 atom stereocenters. The lowest BCUT2D eigenvalue weighted by Gasteiger charge is -2.22. The largest absolute Gasteiger partial charge is 0.493 e. The van der Waals surface area contributed by atoms with Crippen LogP contribution in [-0.2, 0) is 13.1 Å². The molecular formula is C28H32N2O3. The number of nitrogens with zero attached hydrogens (tertiary/aromatic N) is 1. The molecule has 3 aromatic rings. The molecule has 2 N–H and O–H groups in total. The van der Waals surface area contributed by atoms with Crippen molar-refractivity contribution in [3.8, 4) is 5.75 Å². The maximum absolute atomic E-state index is 13.2. The second-order valence-corrected chi connectivity index (χ2v) is 8.65. The molecule has 0 radical (unpaired) electrons. The van der Waals surface area contributed by atoms with Crippen molar-refractivity contribution in [1.82, 2.24) is 4.90 Å². The number of carbonyl (C=O) groups excluding carboxylic acids is 2. The van der Waals surface area contributed by atoms with E-state index in [2.05, 4.69) is 43.0 Å². The second kappa shape index (κ2) is 12.0. The summed E-state index contributed by atoms with van der Waals surface area (Å²) < 4.78 is 5.76. The highest BCUT2D eigenvalue weighted by molar-refractivity contribution is 6.02. The number of hydrogen-bond acceptors (Lipinski definition) is 4. The molecule has 0 heterocycles. The Labute approximate surface area is 196 Å². The Morgan fingerprint density at radius 2 is 1.45 bits per heavy atom. The van der Waals surface area contributed by atoms with Crippen LogP contribution in [0.1, 0.15) is 52.1 Å². The Bertz CT molecular complexity index is 1010. The van der Waals surface area contributed by atoms with E-state index in [0.29, 0.717) is 36.9 Å². The molecule has 0 bridgehead atoms. The number of rotatable bonds is 12. The van der Waals surface area contributed by atoms with Gasteiger partial charge in [-0.2, -0.15) is 0 Å². The lowest BCUT2D eigenvalue weighted by atomic mass is 10.0. The fourth-order valence-electron chi connectivity index (χ4n) is 3.57. The van der Waals surface area contributed by atoms with Crippen LogP contribution in [0.4, 0.5) is 0 Å². The molecule has 172 valence electrons. The van der Waals surface area contributed by atoms with Crippen LogP contribution in [0.2, 0.25) is 0 Å². The van der Waals surface area contributed by atoms with Crippen molar-refractivity contribution < 1.29 is 14.3 Å². The van der Waals surface area contributed by atoms with Gasteiger partial charge < -0.3 is 10.5 Å². The minimum absolute atomic E-state index is 0.0712. The normalized spacial score (nSPS) is 11.0. The van der Waals surface area contributed by atoms with Crippen LogP contribution < -0.4 is 10.5 Å². The third-order valence-corrected chi connectivity index (χ3v) is 5.38. The number of benzene rings is 3. The summed E-state index contributed by atoms with van der Waals surface area (Å²) in [7, 11) is 0. The first-order chi connectivity index (χ1) is 15.9. The minimum atomic E-state index is -0.602. The molecule has 5 heteroatoms. The molecule has 5 nitrogen and oxygen atoms in total. The molecule has 3 aromatic carbocycles. The molecular weight excluding hydrogens is 412 g/mol. The van der Waals surface area contributed by atoms with Crippen molar-refractivity contribution in [2.45, 2.75) is 33.4 Å². The van der Waals surface area contributed by atoms with E-state index in [9.17, 15) is 9.59 Å². The molecule has 0 aliphatic carbocycles. The molecule has 1 amide bonds. The molecule has 0 aliphatic rings. The summed E-state index contributed by atoms with van der Waals surface area (Å²) in [6.07, 6.45) is 0.868. The minimum Gasteiger partial charge on any atom is -0.493 e. The van der Waals surface area contributed by atoms with Gasteiger partial charge in [0.15, 0.2) is 5.78 Å². The monoisotopic (exact) mass is 444 g/mol. The van der Waals surface area contributed by atoms with E-state index < -0.39 is 5.91 Å². The third-order valence-electron chi connectivity index (χ3n) is 5.38. The van der Waals surface area contributed by atoms with Crippen LogP contribution in [0.25, 0.3) is 0 Å². The van der Waals surface area contributed by atoms with Gasteiger partial charge in [-0.15, -0.1) is 0 Å². The van der Waals surface area contributed by atoms with E-state index in [0.717, 1.165) is 17.5 Å². The molecule has 0 fully saturated rings. The number of primary amides is 1. The summed E-state index contributed by atoms with van der Waals surface area (Å²) in [5.41, 5.74) is 8.53. The summed E-state index contributed by atoms with van der Waals surface area (Å²) in [6.45, 7) is 6.21. The van der Waals surface area contributed by atoms with Crippen LogP contribution in [0.15, 0.2) is 78.9 Å². The van der Waals surface area contributed by atoms with Gasteiger partial charge in [-0.1, -0.05) is 74.5 Å². The summed E-state index contributed by atoms with van der Waals surface area (Å²) in [4.78, 5) is 27.3. The zero-order chi connectivity index (χ0) is 23.6. The first kappa shape index (κ1) is 24.2. The van der Waals surface area contributed by atoms with Crippen LogP contribution >= 0.6 is 0 Å². The number of carbonyl (C=O) groups is 2. The first-order valence-electron chi connectivity index (χ1n) is 11.3. The standard InChI is InChI=1S/C28H32N2O3/c1-21(2)15-16-33-27-14-13-24(17-25(27)28(29)32)26(31)20-30(18-22-9-5-3-6-10-22)19-23-11-7-4-8-12-23/h3-14,17,21H,15-16,18-20H2,1-2H3,(H2,29,32). The van der Waals surface area contributed by atoms with Crippen LogP contribution in [0.3, 0.4) is 0 Å². The molecule has 33 heavy (non-hydrogen) atoms. The quantitative estimate of drug-likeness (QED) is 0.395. The Hall–Kier alpha value is -3.44. The Balaban J connectivity index is 1.77. The van der Waals surface area contributed by atoms with Crippen molar-refractivity contribution in [2.75, 3.05) is 13.2 Å². The number of ether oxygens (including phenoxy) is 1. The first-order valence-corrected chi connectivity index (χ1v) is 11.3. The topological polar surface area (TPSA) is 72.6 Å². The van der Waals surface area contributed by atoms with Gasteiger partial charge in [0.1, 0.15) is 5.75 Å². The smallest absolute Gasteiger partial charge is 0.252 e. The lowest BCUT2D eigenvalue weighted by Crippen LogP contribution is -2.29. The van der Waals surface area contributed by atoms with E-state index in [-0.39, 0.29) is 17.9 Å². The molecule has 0 saturated carbocycles. The summed E-state index contributed by atoms with van der Waals surface area (Å²) in [6, 6.07) is 25.1. The van der Waals surface area contributed by atoms with E-state index in [1.807, 2.05) is 36.4 Å². The average Bonchev–Trinajstić information content (AvgIpc) is 2.80. The second-order valence-electron chi connectivity index (χ2n) is 8.65. The van der Waals surface area contributed by atoms with Crippen LogP contribution in [0.5, 0.6) is 5.75 Å². The zero-order valence-corrected chi connectivity index (χ0v) is 19.4. The fourth-order valence-corrected chi connectivity index (χ4v) is 3.57. The molecule has 0 unspecified atom stereocenters. The fraction of sp³-hybridized carbons (Fsp3) is 0.286. The summed E-state index contributed by atoms with van der Waals surface area (Å²) in [5.74, 6) is 0.237. The van der Waals surface area contributed by atoms with Crippen LogP contribution in [0, 0.1) is 5.92 Å². The van der Waals surface area contributed by atoms with E-state index in [4.69, 9.17) is 10.5 Å². The molecule has 0 spiro atoms. The van der Waals surface area contributed by atoms with Gasteiger partial charge in [0, 0.05) is 18.7 Å². The highest BCUT2D eigenvalue weighted by Gasteiger charge is 2.18. The zero-order valence-electron chi connectivity index (χ0n) is 19.4. The average molecular weight is 445 g/mol. The van der Waals surface area contributed by atoms with Gasteiger partial charge in [-0.05, 0) is 41.7 Å². The number of ketones is 1. The van der Waals surface area contributed by atoms with Crippen LogP contribution in [-0.4, -0.2) is 29.7 Å². The molecule has 0 aromatic heterocycles. The van der Waals surface area contributed by atoms with Gasteiger partial charge in [0.2, 0.25) is 0 Å². The molecule has 0 saturated heterocycles. The maximum Gasteiger partial charge on any atom is 0.252 e. The highest BCUT2D eigenvalue weighted by atomic mass is 16.5. The maximum atomic E-state index is 13.2. The van der Waals surface area contributed by atoms with Crippen molar-refractivity contribution in [2.24, 2.45) is 11.7 Å². The Morgan fingerprint density at radius 1 is 0.879 bits per heavy atom. The predicted molar refractivity (Wildman–Crippen MR) is 131 cm³/mol. The van der Waals surface area contributed by atoms with E-state index in [1.165, 1.54) is 0 Å². The molecule has 3 rings (SSSR count). The van der Waals surface area contributed by atoms with Gasteiger partial charge in [0.05, 0.1) is 18.7 Å². The highest BCUT2D eigenvalue weighted by Crippen LogP contribution is 2.22. The number of amides is 1. The predicted octanol–water partition coefficient (Wildman–Crippen LogP) is 5.10. The lowest BCUT2D eigenvalue weighted by molar-refractivity contribution is 0.0920.